The lowest BCUT2D eigenvalue weighted by molar-refractivity contribution is -0.146. The van der Waals surface area contributed by atoms with Crippen LogP contribution < -0.4 is 5.32 Å². The molecule has 35 heavy (non-hydrogen) atoms. The van der Waals surface area contributed by atoms with E-state index in [0.717, 1.165) is 23.5 Å². The lowest BCUT2D eigenvalue weighted by Gasteiger charge is -2.20. The third-order valence-electron chi connectivity index (χ3n) is 5.98. The number of esters is 1. The molecule has 0 unspecified atom stereocenters. The van der Waals surface area contributed by atoms with Gasteiger partial charge in [0.1, 0.15) is 0 Å². The number of nitrogens with one attached hydrogen (secondary N) is 1. The Bertz CT molecular complexity index is 1350. The molecule has 1 amide bonds. The number of anilines is 1. The Balaban J connectivity index is 1.43. The van der Waals surface area contributed by atoms with E-state index in [1.807, 2.05) is 18.5 Å². The molecule has 8 nitrogen and oxygen atoms in total. The summed E-state index contributed by atoms with van der Waals surface area (Å²) in [6, 6.07) is 11.3. The highest BCUT2D eigenvalue weighted by Crippen LogP contribution is 2.31. The molecule has 4 rings (SSSR count). The van der Waals surface area contributed by atoms with Crippen molar-refractivity contribution in [2.75, 3.05) is 11.9 Å². The van der Waals surface area contributed by atoms with Gasteiger partial charge in [-0.25, -0.2) is 0 Å². The summed E-state index contributed by atoms with van der Waals surface area (Å²) in [5.74, 6) is -1.36. The predicted octanol–water partition coefficient (Wildman–Crippen LogP) is 3.66. The molecule has 180 valence electrons. The van der Waals surface area contributed by atoms with Gasteiger partial charge < -0.3 is 10.1 Å². The van der Waals surface area contributed by atoms with Gasteiger partial charge in [0.05, 0.1) is 23.4 Å². The SMILES string of the molecule is Cc1nn(CC(C)C)c(C)c1CC(=O)OCC(=O)Nc1cccc2c1C(=O)c1ccccc1C2=O. The second-order valence-corrected chi connectivity index (χ2v) is 9.04. The summed E-state index contributed by atoms with van der Waals surface area (Å²) in [4.78, 5) is 50.9. The van der Waals surface area contributed by atoms with E-state index in [-0.39, 0.29) is 34.8 Å². The number of aromatic nitrogens is 2. The molecule has 0 aliphatic heterocycles. The molecule has 8 heteroatoms. The smallest absolute Gasteiger partial charge is 0.310 e. The number of ether oxygens (including phenoxy) is 1. The number of benzene rings is 2. The number of carbonyl (C=O) groups is 4. The lowest BCUT2D eigenvalue weighted by atomic mass is 9.83. The van der Waals surface area contributed by atoms with Crippen LogP contribution in [0.25, 0.3) is 0 Å². The number of fused-ring (bicyclic) bond motifs is 2. The third kappa shape index (κ3) is 4.77. The zero-order valence-corrected chi connectivity index (χ0v) is 20.2. The Morgan fingerprint density at radius 3 is 2.31 bits per heavy atom. The highest BCUT2D eigenvalue weighted by molar-refractivity contribution is 6.30. The Morgan fingerprint density at radius 1 is 0.971 bits per heavy atom. The minimum Gasteiger partial charge on any atom is -0.455 e. The molecule has 1 N–H and O–H groups in total. The highest BCUT2D eigenvalue weighted by atomic mass is 16.5. The van der Waals surface area contributed by atoms with Crippen LogP contribution in [-0.4, -0.2) is 39.8 Å². The van der Waals surface area contributed by atoms with Crippen molar-refractivity contribution in [1.29, 1.82) is 0 Å². The average molecular weight is 474 g/mol. The molecule has 0 saturated carbocycles. The van der Waals surface area contributed by atoms with Gasteiger partial charge in [0.15, 0.2) is 18.2 Å². The van der Waals surface area contributed by atoms with Crippen LogP contribution >= 0.6 is 0 Å². The molecule has 1 aliphatic rings. The van der Waals surface area contributed by atoms with Gasteiger partial charge >= 0.3 is 5.97 Å². The molecule has 3 aromatic rings. The normalized spacial score (nSPS) is 12.4. The third-order valence-corrected chi connectivity index (χ3v) is 5.98. The topological polar surface area (TPSA) is 107 Å². The second kappa shape index (κ2) is 9.66. The Kier molecular flexibility index (Phi) is 6.64. The molecule has 0 bridgehead atoms. The number of hydrogen-bond acceptors (Lipinski definition) is 6. The van der Waals surface area contributed by atoms with E-state index in [1.54, 1.807) is 42.5 Å². The molecule has 1 heterocycles. The molecule has 0 fully saturated rings. The van der Waals surface area contributed by atoms with Gasteiger partial charge in [0.2, 0.25) is 0 Å². The van der Waals surface area contributed by atoms with Crippen LogP contribution in [-0.2, 0) is 27.3 Å². The van der Waals surface area contributed by atoms with E-state index < -0.39 is 18.5 Å². The zero-order chi connectivity index (χ0) is 25.3. The number of amides is 1. The van der Waals surface area contributed by atoms with Crippen molar-refractivity contribution >= 4 is 29.1 Å². The number of hydrogen-bond donors (Lipinski definition) is 1. The summed E-state index contributed by atoms with van der Waals surface area (Å²) in [6.45, 7) is 8.17. The van der Waals surface area contributed by atoms with Crippen LogP contribution in [0.3, 0.4) is 0 Å². The number of aryl methyl sites for hydroxylation is 1. The maximum Gasteiger partial charge on any atom is 0.310 e. The fourth-order valence-electron chi connectivity index (χ4n) is 4.29. The van der Waals surface area contributed by atoms with E-state index in [2.05, 4.69) is 24.3 Å². The molecule has 0 spiro atoms. The molecule has 0 atom stereocenters. The quantitative estimate of drug-likeness (QED) is 0.411. The summed E-state index contributed by atoms with van der Waals surface area (Å²) >= 11 is 0. The van der Waals surface area contributed by atoms with Gasteiger partial charge in [-0.2, -0.15) is 5.10 Å². The summed E-state index contributed by atoms with van der Waals surface area (Å²) in [7, 11) is 0. The Labute approximate surface area is 203 Å². The molecule has 1 aliphatic carbocycles. The average Bonchev–Trinajstić information content (AvgIpc) is 3.08. The van der Waals surface area contributed by atoms with Gasteiger partial charge in [-0.3, -0.25) is 23.9 Å². The highest BCUT2D eigenvalue weighted by Gasteiger charge is 2.31. The van der Waals surface area contributed by atoms with Gasteiger partial charge in [-0.15, -0.1) is 0 Å². The van der Waals surface area contributed by atoms with Crippen LogP contribution in [0, 0.1) is 19.8 Å². The van der Waals surface area contributed by atoms with Crippen LogP contribution in [0.2, 0.25) is 0 Å². The standard InChI is InChI=1S/C27H27N3O5/c1-15(2)13-30-17(4)21(16(3)29-30)12-24(32)35-14-23(31)28-22-11-7-10-20-25(22)27(34)19-9-6-5-8-18(19)26(20)33/h5-11,15H,12-14H2,1-4H3,(H,28,31). The summed E-state index contributed by atoms with van der Waals surface area (Å²) in [6.07, 6.45) is 0.00749. The van der Waals surface area contributed by atoms with Gasteiger partial charge in [0, 0.05) is 34.5 Å². The molecular formula is C27H27N3O5. The maximum absolute atomic E-state index is 13.1. The fourth-order valence-corrected chi connectivity index (χ4v) is 4.29. The lowest BCUT2D eigenvalue weighted by Crippen LogP contribution is -2.26. The molecule has 0 radical (unpaired) electrons. The van der Waals surface area contributed by atoms with Crippen molar-refractivity contribution in [1.82, 2.24) is 9.78 Å². The zero-order valence-electron chi connectivity index (χ0n) is 20.2. The molecule has 1 aromatic heterocycles. The van der Waals surface area contributed by atoms with Crippen LogP contribution in [0.4, 0.5) is 5.69 Å². The van der Waals surface area contributed by atoms with E-state index >= 15 is 0 Å². The fraction of sp³-hybridized carbons (Fsp3) is 0.296. The first-order valence-electron chi connectivity index (χ1n) is 11.5. The Hall–Kier alpha value is -4.07. The number of nitrogens with zero attached hydrogens (tertiary/aromatic N) is 2. The summed E-state index contributed by atoms with van der Waals surface area (Å²) < 4.78 is 7.07. The number of rotatable bonds is 7. The van der Waals surface area contributed by atoms with Crippen LogP contribution in [0.1, 0.15) is 62.6 Å². The van der Waals surface area contributed by atoms with Crippen molar-refractivity contribution in [2.24, 2.45) is 5.92 Å². The van der Waals surface area contributed by atoms with Crippen molar-refractivity contribution in [3.63, 3.8) is 0 Å². The van der Waals surface area contributed by atoms with E-state index in [0.29, 0.717) is 17.0 Å². The van der Waals surface area contributed by atoms with E-state index in [4.69, 9.17) is 4.74 Å². The first-order chi connectivity index (χ1) is 16.7. The minimum absolute atomic E-state index is 0.00749. The van der Waals surface area contributed by atoms with E-state index in [1.165, 1.54) is 0 Å². The number of carbonyl (C=O) groups excluding carboxylic acids is 4. The van der Waals surface area contributed by atoms with Gasteiger partial charge in [-0.05, 0) is 25.8 Å². The van der Waals surface area contributed by atoms with Crippen LogP contribution in [0.5, 0.6) is 0 Å². The van der Waals surface area contributed by atoms with E-state index in [9.17, 15) is 19.2 Å². The van der Waals surface area contributed by atoms with Crippen molar-refractivity contribution in [3.05, 3.63) is 81.7 Å². The Morgan fingerprint density at radius 2 is 1.63 bits per heavy atom. The second-order valence-electron chi connectivity index (χ2n) is 9.04. The maximum atomic E-state index is 13.1. The molecule has 0 saturated heterocycles. The van der Waals surface area contributed by atoms with Crippen molar-refractivity contribution in [3.8, 4) is 0 Å². The minimum atomic E-state index is -0.602. The first kappa shape index (κ1) is 24.1. The number of ketones is 2. The van der Waals surface area contributed by atoms with Gasteiger partial charge in [0.25, 0.3) is 5.91 Å². The van der Waals surface area contributed by atoms with Gasteiger partial charge in [-0.1, -0.05) is 50.2 Å². The predicted molar refractivity (Wildman–Crippen MR) is 130 cm³/mol. The monoisotopic (exact) mass is 473 g/mol. The summed E-state index contributed by atoms with van der Waals surface area (Å²) in [5.41, 5.74) is 3.65. The largest absolute Gasteiger partial charge is 0.455 e. The van der Waals surface area contributed by atoms with Crippen molar-refractivity contribution in [2.45, 2.75) is 40.7 Å². The first-order valence-corrected chi connectivity index (χ1v) is 11.5. The molecule has 2 aromatic carbocycles. The van der Waals surface area contributed by atoms with Crippen molar-refractivity contribution < 1.29 is 23.9 Å². The molecular weight excluding hydrogens is 446 g/mol. The summed E-state index contributed by atoms with van der Waals surface area (Å²) in [5, 5.41) is 7.11. The van der Waals surface area contributed by atoms with Crippen LogP contribution in [0.15, 0.2) is 42.5 Å².